The lowest BCUT2D eigenvalue weighted by atomic mass is 10.0. The number of rotatable bonds is 3. The van der Waals surface area contributed by atoms with Crippen molar-refractivity contribution < 1.29 is 37.0 Å². The van der Waals surface area contributed by atoms with Crippen LogP contribution in [0, 0.1) is 0 Å². The van der Waals surface area contributed by atoms with E-state index in [4.69, 9.17) is 18.1 Å². The van der Waals surface area contributed by atoms with Gasteiger partial charge in [0.05, 0.1) is 24.4 Å². The Morgan fingerprint density at radius 3 is 2.00 bits per heavy atom. The fourth-order valence-corrected chi connectivity index (χ4v) is 4.84. The van der Waals surface area contributed by atoms with Crippen LogP contribution < -0.4 is 0 Å². The highest BCUT2D eigenvalue weighted by atomic mass is 31.2. The minimum atomic E-state index is -4.05. The third-order valence-corrected chi connectivity index (χ3v) is 5.58. The van der Waals surface area contributed by atoms with Gasteiger partial charge in [-0.25, -0.2) is 9.13 Å². The molecule has 6 unspecified atom stereocenters. The normalized spacial score (nSPS) is 50.0. The molecule has 118 valence electrons. The van der Waals surface area contributed by atoms with Crippen molar-refractivity contribution in [1.82, 2.24) is 0 Å². The first-order valence-corrected chi connectivity index (χ1v) is 9.57. The van der Waals surface area contributed by atoms with Crippen molar-refractivity contribution >= 4 is 15.6 Å². The Balaban J connectivity index is 1.98. The SMILES string of the molecule is CCC1CC(CC2CC(C)OP(=O)(O)O2)OP(=O)(O)O1. The molecular weight excluding hydrogens is 310 g/mol. The van der Waals surface area contributed by atoms with E-state index in [0.717, 1.165) is 0 Å². The maximum absolute atomic E-state index is 11.6. The average Bonchev–Trinajstić information content (AvgIpc) is 2.23. The van der Waals surface area contributed by atoms with Gasteiger partial charge < -0.3 is 9.79 Å². The van der Waals surface area contributed by atoms with Crippen LogP contribution in [-0.2, 0) is 27.2 Å². The van der Waals surface area contributed by atoms with Gasteiger partial charge in [-0.3, -0.25) is 18.1 Å². The van der Waals surface area contributed by atoms with E-state index in [-0.39, 0.29) is 12.5 Å². The van der Waals surface area contributed by atoms with Crippen LogP contribution in [0.2, 0.25) is 0 Å². The van der Waals surface area contributed by atoms with E-state index in [0.29, 0.717) is 19.3 Å². The summed E-state index contributed by atoms with van der Waals surface area (Å²) in [6.45, 7) is 3.52. The van der Waals surface area contributed by atoms with E-state index >= 15 is 0 Å². The largest absolute Gasteiger partial charge is 0.472 e. The average molecular weight is 330 g/mol. The van der Waals surface area contributed by atoms with E-state index in [9.17, 15) is 18.9 Å². The van der Waals surface area contributed by atoms with Crippen molar-refractivity contribution in [2.75, 3.05) is 0 Å². The number of phosphoric ester groups is 2. The summed E-state index contributed by atoms with van der Waals surface area (Å²) in [4.78, 5) is 18.9. The van der Waals surface area contributed by atoms with E-state index in [2.05, 4.69) is 0 Å². The molecule has 20 heavy (non-hydrogen) atoms. The molecule has 0 aliphatic carbocycles. The second-order valence-electron chi connectivity index (χ2n) is 5.15. The molecule has 2 aliphatic rings. The molecule has 0 aromatic carbocycles. The fraction of sp³-hybridized carbons (Fsp3) is 1.00. The Morgan fingerprint density at radius 1 is 0.950 bits per heavy atom. The first kappa shape index (κ1) is 16.6. The predicted molar refractivity (Wildman–Crippen MR) is 69.0 cm³/mol. The van der Waals surface area contributed by atoms with Gasteiger partial charge in [0.25, 0.3) is 0 Å². The Hall–Kier alpha value is 0.220. The molecule has 0 radical (unpaired) electrons. The van der Waals surface area contributed by atoms with Crippen molar-refractivity contribution in [2.45, 2.75) is 63.9 Å². The zero-order valence-corrected chi connectivity index (χ0v) is 13.2. The van der Waals surface area contributed by atoms with Crippen molar-refractivity contribution in [3.05, 3.63) is 0 Å². The molecule has 2 fully saturated rings. The molecule has 0 spiro atoms. The molecule has 0 aromatic rings. The summed E-state index contributed by atoms with van der Waals surface area (Å²) < 4.78 is 42.8. The van der Waals surface area contributed by atoms with Crippen molar-refractivity contribution in [2.24, 2.45) is 0 Å². The van der Waals surface area contributed by atoms with Gasteiger partial charge in [0.2, 0.25) is 0 Å². The van der Waals surface area contributed by atoms with Crippen LogP contribution >= 0.6 is 15.6 Å². The lowest BCUT2D eigenvalue weighted by Gasteiger charge is -2.35. The van der Waals surface area contributed by atoms with Gasteiger partial charge in [-0.1, -0.05) is 6.92 Å². The molecule has 0 saturated carbocycles. The molecule has 2 saturated heterocycles. The third kappa shape index (κ3) is 4.61. The number of hydrogen-bond donors (Lipinski definition) is 2. The van der Waals surface area contributed by atoms with Crippen molar-refractivity contribution in [1.29, 1.82) is 0 Å². The summed E-state index contributed by atoms with van der Waals surface area (Å²) in [5.41, 5.74) is 0. The monoisotopic (exact) mass is 330 g/mol. The number of hydrogen-bond acceptors (Lipinski definition) is 6. The second-order valence-corrected chi connectivity index (χ2v) is 7.87. The zero-order chi connectivity index (χ0) is 15.0. The Bertz CT molecular complexity index is 441. The highest BCUT2D eigenvalue weighted by Crippen LogP contribution is 2.54. The Labute approximate surface area is 117 Å². The molecule has 0 bridgehead atoms. The Morgan fingerprint density at radius 2 is 1.45 bits per heavy atom. The van der Waals surface area contributed by atoms with Crippen molar-refractivity contribution in [3.63, 3.8) is 0 Å². The molecule has 2 aliphatic heterocycles. The summed E-state index contributed by atoms with van der Waals surface area (Å²) in [5.74, 6) is 0. The van der Waals surface area contributed by atoms with Gasteiger partial charge in [-0.2, -0.15) is 0 Å². The van der Waals surface area contributed by atoms with Gasteiger partial charge >= 0.3 is 15.6 Å². The molecule has 0 aromatic heterocycles. The molecule has 2 heterocycles. The van der Waals surface area contributed by atoms with Crippen molar-refractivity contribution in [3.8, 4) is 0 Å². The molecule has 10 heteroatoms. The van der Waals surface area contributed by atoms with Crippen LogP contribution in [-0.4, -0.2) is 34.2 Å². The van der Waals surface area contributed by atoms with Crippen LogP contribution in [0.15, 0.2) is 0 Å². The molecule has 6 atom stereocenters. The predicted octanol–water partition coefficient (Wildman–Crippen LogP) is 2.36. The van der Waals surface area contributed by atoms with Crippen LogP contribution in [0.25, 0.3) is 0 Å². The van der Waals surface area contributed by atoms with Crippen LogP contribution in [0.4, 0.5) is 0 Å². The summed E-state index contributed by atoms with van der Waals surface area (Å²) in [7, 11) is -8.09. The van der Waals surface area contributed by atoms with E-state index < -0.39 is 34.0 Å². The second kappa shape index (κ2) is 6.15. The molecule has 8 nitrogen and oxygen atoms in total. The van der Waals surface area contributed by atoms with Crippen LogP contribution in [0.5, 0.6) is 0 Å². The van der Waals surface area contributed by atoms with E-state index in [1.807, 2.05) is 6.92 Å². The quantitative estimate of drug-likeness (QED) is 0.759. The summed E-state index contributed by atoms with van der Waals surface area (Å²) >= 11 is 0. The highest BCUT2D eigenvalue weighted by Gasteiger charge is 2.41. The molecule has 2 N–H and O–H groups in total. The highest BCUT2D eigenvalue weighted by molar-refractivity contribution is 7.47. The summed E-state index contributed by atoms with van der Waals surface area (Å²) in [6.07, 6.45) is -0.134. The number of phosphoric acid groups is 2. The minimum Gasteiger partial charge on any atom is -0.302 e. The Kier molecular flexibility index (Phi) is 5.10. The fourth-order valence-electron chi connectivity index (χ4n) is 2.49. The summed E-state index contributed by atoms with van der Waals surface area (Å²) in [6, 6.07) is 0. The smallest absolute Gasteiger partial charge is 0.302 e. The maximum atomic E-state index is 11.6. The van der Waals surface area contributed by atoms with Crippen LogP contribution in [0.3, 0.4) is 0 Å². The van der Waals surface area contributed by atoms with Gasteiger partial charge in [-0.15, -0.1) is 0 Å². The molecule has 0 amide bonds. The summed E-state index contributed by atoms with van der Waals surface area (Å²) in [5, 5.41) is 0. The third-order valence-electron chi connectivity index (χ3n) is 3.26. The maximum Gasteiger partial charge on any atom is 0.472 e. The lowest BCUT2D eigenvalue weighted by molar-refractivity contribution is -0.0400. The molecule has 2 rings (SSSR count). The topological polar surface area (TPSA) is 112 Å². The molecular formula is C10H20O8P2. The van der Waals surface area contributed by atoms with Gasteiger partial charge in [0, 0.05) is 19.3 Å². The first-order valence-electron chi connectivity index (χ1n) is 6.58. The van der Waals surface area contributed by atoms with Gasteiger partial charge in [-0.05, 0) is 13.3 Å². The van der Waals surface area contributed by atoms with Gasteiger partial charge in [0.15, 0.2) is 0 Å². The van der Waals surface area contributed by atoms with E-state index in [1.165, 1.54) is 0 Å². The van der Waals surface area contributed by atoms with E-state index in [1.54, 1.807) is 6.92 Å². The zero-order valence-electron chi connectivity index (χ0n) is 11.4. The van der Waals surface area contributed by atoms with Gasteiger partial charge in [0.1, 0.15) is 0 Å². The standard InChI is InChI=1S/C10H20O8P2/c1-3-8-5-10(18-20(13,14)16-8)6-9-4-7(2)15-19(11,12)17-9/h7-10H,3-6H2,1-2H3,(H,11,12)(H,13,14). The minimum absolute atomic E-state index is 0.253. The first-order chi connectivity index (χ1) is 9.19. The lowest BCUT2D eigenvalue weighted by Crippen LogP contribution is -2.34. The van der Waals surface area contributed by atoms with Crippen LogP contribution in [0.1, 0.15) is 39.5 Å².